The Bertz CT molecular complexity index is 203. The fraction of sp³-hybridized carbons (Fsp3) is 0.857. The third-order valence-corrected chi connectivity index (χ3v) is 4.69. The highest BCUT2D eigenvalue weighted by Crippen LogP contribution is 2.32. The summed E-state index contributed by atoms with van der Waals surface area (Å²) in [4.78, 5) is 0. The van der Waals surface area contributed by atoms with Crippen molar-refractivity contribution in [1.29, 1.82) is 0 Å². The molecule has 1 aliphatic rings. The van der Waals surface area contributed by atoms with Crippen LogP contribution >= 0.6 is 11.8 Å². The Morgan fingerprint density at radius 3 is 2.94 bits per heavy atom. The minimum Gasteiger partial charge on any atom is -0.313 e. The summed E-state index contributed by atoms with van der Waals surface area (Å²) in [5, 5.41) is 4.31. The van der Waals surface area contributed by atoms with Gasteiger partial charge in [0.15, 0.2) is 0 Å². The van der Waals surface area contributed by atoms with Crippen molar-refractivity contribution in [2.45, 2.75) is 51.2 Å². The Morgan fingerprint density at radius 1 is 1.44 bits per heavy atom. The van der Waals surface area contributed by atoms with Gasteiger partial charge in [0, 0.05) is 17.5 Å². The van der Waals surface area contributed by atoms with E-state index in [0.717, 1.165) is 30.0 Å². The fourth-order valence-electron chi connectivity index (χ4n) is 2.26. The fourth-order valence-corrected chi connectivity index (χ4v) is 3.63. The average Bonchev–Trinajstić information content (AvgIpc) is 2.27. The Kier molecular flexibility index (Phi) is 7.22. The first kappa shape index (κ1) is 14.1. The standard InChI is InChI=1S/C14H27NS/c1-4-8-15-10-13(3)11-16-14-7-5-6-12(2)9-14/h12,14-15H,3-11H2,1-2H3. The number of hydrogen-bond acceptors (Lipinski definition) is 2. The summed E-state index contributed by atoms with van der Waals surface area (Å²) in [7, 11) is 0. The summed E-state index contributed by atoms with van der Waals surface area (Å²) < 4.78 is 0. The molecule has 0 bridgehead atoms. The van der Waals surface area contributed by atoms with Crippen LogP contribution in [0.25, 0.3) is 0 Å². The van der Waals surface area contributed by atoms with Crippen molar-refractivity contribution in [2.75, 3.05) is 18.8 Å². The van der Waals surface area contributed by atoms with E-state index in [1.807, 2.05) is 0 Å². The van der Waals surface area contributed by atoms with Crippen LogP contribution in [0.4, 0.5) is 0 Å². The first-order valence-electron chi connectivity index (χ1n) is 6.71. The molecule has 0 saturated heterocycles. The van der Waals surface area contributed by atoms with Gasteiger partial charge in [0.1, 0.15) is 0 Å². The van der Waals surface area contributed by atoms with Crippen molar-refractivity contribution in [3.8, 4) is 0 Å². The summed E-state index contributed by atoms with van der Waals surface area (Å²) >= 11 is 2.13. The van der Waals surface area contributed by atoms with Crippen LogP contribution in [0.3, 0.4) is 0 Å². The van der Waals surface area contributed by atoms with Crippen LogP contribution in [0, 0.1) is 5.92 Å². The Morgan fingerprint density at radius 2 is 2.25 bits per heavy atom. The van der Waals surface area contributed by atoms with Gasteiger partial charge in [-0.1, -0.05) is 38.8 Å². The maximum absolute atomic E-state index is 4.15. The highest BCUT2D eigenvalue weighted by atomic mass is 32.2. The van der Waals surface area contributed by atoms with Gasteiger partial charge >= 0.3 is 0 Å². The van der Waals surface area contributed by atoms with E-state index in [0.29, 0.717) is 0 Å². The monoisotopic (exact) mass is 241 g/mol. The summed E-state index contributed by atoms with van der Waals surface area (Å²) in [5.74, 6) is 2.09. The zero-order valence-corrected chi connectivity index (χ0v) is 11.7. The van der Waals surface area contributed by atoms with Gasteiger partial charge in [-0.3, -0.25) is 0 Å². The zero-order chi connectivity index (χ0) is 11.8. The van der Waals surface area contributed by atoms with Crippen molar-refractivity contribution < 1.29 is 0 Å². The molecule has 0 radical (unpaired) electrons. The molecule has 1 N–H and O–H groups in total. The van der Waals surface area contributed by atoms with Crippen LogP contribution in [-0.2, 0) is 0 Å². The van der Waals surface area contributed by atoms with Gasteiger partial charge in [-0.05, 0) is 31.7 Å². The van der Waals surface area contributed by atoms with Gasteiger partial charge < -0.3 is 5.32 Å². The lowest BCUT2D eigenvalue weighted by atomic mass is 9.91. The normalized spacial score (nSPS) is 25.6. The van der Waals surface area contributed by atoms with Crippen molar-refractivity contribution in [3.05, 3.63) is 12.2 Å². The molecule has 94 valence electrons. The van der Waals surface area contributed by atoms with E-state index >= 15 is 0 Å². The molecule has 0 amide bonds. The maximum Gasteiger partial charge on any atom is 0.0170 e. The Labute approximate surface area is 105 Å². The second kappa shape index (κ2) is 8.19. The van der Waals surface area contributed by atoms with Crippen LogP contribution < -0.4 is 5.32 Å². The second-order valence-corrected chi connectivity index (χ2v) is 6.42. The highest BCUT2D eigenvalue weighted by molar-refractivity contribution is 8.00. The number of nitrogens with one attached hydrogen (secondary N) is 1. The van der Waals surface area contributed by atoms with Gasteiger partial charge in [0.2, 0.25) is 0 Å². The van der Waals surface area contributed by atoms with Crippen molar-refractivity contribution in [1.82, 2.24) is 5.32 Å². The van der Waals surface area contributed by atoms with E-state index in [2.05, 4.69) is 37.5 Å². The summed E-state index contributed by atoms with van der Waals surface area (Å²) in [6.45, 7) is 10.9. The van der Waals surface area contributed by atoms with E-state index < -0.39 is 0 Å². The smallest absolute Gasteiger partial charge is 0.0170 e. The number of thioether (sulfide) groups is 1. The molecule has 2 unspecified atom stereocenters. The lowest BCUT2D eigenvalue weighted by Gasteiger charge is -2.26. The van der Waals surface area contributed by atoms with Crippen LogP contribution in [0.5, 0.6) is 0 Å². The largest absolute Gasteiger partial charge is 0.313 e. The van der Waals surface area contributed by atoms with E-state index in [-0.39, 0.29) is 0 Å². The van der Waals surface area contributed by atoms with Gasteiger partial charge in [0.05, 0.1) is 0 Å². The minimum atomic E-state index is 0.895. The van der Waals surface area contributed by atoms with Crippen LogP contribution in [0.1, 0.15) is 46.0 Å². The number of rotatable bonds is 7. The maximum atomic E-state index is 4.15. The molecule has 2 atom stereocenters. The molecule has 2 heteroatoms. The molecule has 0 aliphatic heterocycles. The lowest BCUT2D eigenvalue weighted by Crippen LogP contribution is -2.20. The Balaban J connectivity index is 2.06. The first-order chi connectivity index (χ1) is 7.72. The molecule has 1 rings (SSSR count). The van der Waals surface area contributed by atoms with Gasteiger partial charge in [0.25, 0.3) is 0 Å². The van der Waals surface area contributed by atoms with Gasteiger partial charge in [-0.25, -0.2) is 0 Å². The van der Waals surface area contributed by atoms with E-state index in [1.165, 1.54) is 37.7 Å². The SMILES string of the molecule is C=C(CNCCC)CSC1CCCC(C)C1. The molecular weight excluding hydrogens is 214 g/mol. The van der Waals surface area contributed by atoms with Crippen LogP contribution in [-0.4, -0.2) is 24.1 Å². The zero-order valence-electron chi connectivity index (χ0n) is 10.9. The first-order valence-corrected chi connectivity index (χ1v) is 7.76. The number of hydrogen-bond donors (Lipinski definition) is 1. The summed E-state index contributed by atoms with van der Waals surface area (Å²) in [5.41, 5.74) is 1.36. The molecule has 1 aliphatic carbocycles. The van der Waals surface area contributed by atoms with Crippen LogP contribution in [0.2, 0.25) is 0 Å². The second-order valence-electron chi connectivity index (χ2n) is 5.13. The van der Waals surface area contributed by atoms with Crippen LogP contribution in [0.15, 0.2) is 12.2 Å². The predicted octanol–water partition coefficient (Wildman–Crippen LogP) is 3.85. The van der Waals surface area contributed by atoms with Crippen molar-refractivity contribution in [2.24, 2.45) is 5.92 Å². The molecule has 1 fully saturated rings. The summed E-state index contributed by atoms with van der Waals surface area (Å²) in [6.07, 6.45) is 6.92. The average molecular weight is 241 g/mol. The highest BCUT2D eigenvalue weighted by Gasteiger charge is 2.18. The third kappa shape index (κ3) is 5.95. The Hall–Kier alpha value is 0.0500. The summed E-state index contributed by atoms with van der Waals surface area (Å²) in [6, 6.07) is 0. The molecule has 0 heterocycles. The minimum absolute atomic E-state index is 0.895. The molecule has 16 heavy (non-hydrogen) atoms. The molecule has 1 saturated carbocycles. The van der Waals surface area contributed by atoms with Gasteiger partial charge in [-0.15, -0.1) is 0 Å². The molecule has 0 aromatic rings. The molecule has 1 nitrogen and oxygen atoms in total. The molecule has 0 aromatic heterocycles. The quantitative estimate of drug-likeness (QED) is 0.537. The molecule has 0 aromatic carbocycles. The lowest BCUT2D eigenvalue weighted by molar-refractivity contribution is 0.394. The molecular formula is C14H27NS. The van der Waals surface area contributed by atoms with E-state index in [4.69, 9.17) is 0 Å². The van der Waals surface area contributed by atoms with E-state index in [9.17, 15) is 0 Å². The predicted molar refractivity (Wildman–Crippen MR) is 76.2 cm³/mol. The van der Waals surface area contributed by atoms with Gasteiger partial charge in [-0.2, -0.15) is 11.8 Å². The van der Waals surface area contributed by atoms with E-state index in [1.54, 1.807) is 0 Å². The van der Waals surface area contributed by atoms with Crippen molar-refractivity contribution in [3.63, 3.8) is 0 Å². The topological polar surface area (TPSA) is 12.0 Å². The third-order valence-electron chi connectivity index (χ3n) is 3.21. The molecule has 0 spiro atoms. The van der Waals surface area contributed by atoms with Crippen molar-refractivity contribution >= 4 is 11.8 Å².